The number of aromatic nitrogens is 1. The third kappa shape index (κ3) is 1.78. The number of terminal acetylenes is 1. The van der Waals surface area contributed by atoms with Crippen LogP contribution in [0.2, 0.25) is 0 Å². The van der Waals surface area contributed by atoms with Crippen LogP contribution in [0, 0.1) is 12.3 Å². The van der Waals surface area contributed by atoms with Gasteiger partial charge in [-0.1, -0.05) is 12.0 Å². The summed E-state index contributed by atoms with van der Waals surface area (Å²) in [7, 11) is 0. The third-order valence-corrected chi connectivity index (χ3v) is 2.44. The lowest BCUT2D eigenvalue weighted by atomic mass is 10.1. The summed E-state index contributed by atoms with van der Waals surface area (Å²) < 4.78 is 0. The van der Waals surface area contributed by atoms with Crippen LogP contribution in [0.15, 0.2) is 30.5 Å². The van der Waals surface area contributed by atoms with Gasteiger partial charge in [-0.2, -0.15) is 0 Å². The Morgan fingerprint density at radius 1 is 1.50 bits per heavy atom. The monoisotopic (exact) mass is 212 g/mol. The minimum Gasteiger partial charge on any atom is -0.361 e. The number of carbonyl (C=O) groups is 1. The van der Waals surface area contributed by atoms with Gasteiger partial charge >= 0.3 is 0 Å². The molecule has 1 unspecified atom stereocenters. The highest BCUT2D eigenvalue weighted by Crippen LogP contribution is 2.17. The highest BCUT2D eigenvalue weighted by Gasteiger charge is 2.11. The Morgan fingerprint density at radius 2 is 2.31 bits per heavy atom. The van der Waals surface area contributed by atoms with Gasteiger partial charge < -0.3 is 10.3 Å². The number of amides is 1. The molecule has 80 valence electrons. The molecule has 0 radical (unpaired) electrons. The predicted octanol–water partition coefficient (Wildman–Crippen LogP) is 1.92. The second-order valence-electron chi connectivity index (χ2n) is 3.61. The van der Waals surface area contributed by atoms with Gasteiger partial charge in [0.25, 0.3) is 5.91 Å². The summed E-state index contributed by atoms with van der Waals surface area (Å²) in [4.78, 5) is 15.0. The fraction of sp³-hybridized carbons (Fsp3) is 0.154. The van der Waals surface area contributed by atoms with E-state index >= 15 is 0 Å². The second-order valence-corrected chi connectivity index (χ2v) is 3.61. The molecule has 0 aliphatic rings. The van der Waals surface area contributed by atoms with E-state index in [9.17, 15) is 4.79 Å². The van der Waals surface area contributed by atoms with Gasteiger partial charge in [-0.15, -0.1) is 6.42 Å². The number of aromatic amines is 1. The number of fused-ring (bicyclic) bond motifs is 1. The number of rotatable bonds is 2. The minimum atomic E-state index is -0.262. The SMILES string of the molecule is C#CC(C)NC(=O)c1cccc2[nH]ccc12. The van der Waals surface area contributed by atoms with E-state index in [2.05, 4.69) is 16.2 Å². The van der Waals surface area contributed by atoms with Gasteiger partial charge in [-0.05, 0) is 25.1 Å². The Kier molecular flexibility index (Phi) is 2.65. The average molecular weight is 212 g/mol. The first-order valence-corrected chi connectivity index (χ1v) is 5.05. The predicted molar refractivity (Wildman–Crippen MR) is 64.1 cm³/mol. The van der Waals surface area contributed by atoms with Gasteiger partial charge in [0.05, 0.1) is 6.04 Å². The van der Waals surface area contributed by atoms with Crippen LogP contribution in [-0.2, 0) is 0 Å². The van der Waals surface area contributed by atoms with E-state index in [0.717, 1.165) is 10.9 Å². The van der Waals surface area contributed by atoms with Crippen molar-refractivity contribution in [2.75, 3.05) is 0 Å². The molecule has 0 fully saturated rings. The topological polar surface area (TPSA) is 44.9 Å². The lowest BCUT2D eigenvalue weighted by Crippen LogP contribution is -2.31. The van der Waals surface area contributed by atoms with Gasteiger partial charge in [0.15, 0.2) is 0 Å². The van der Waals surface area contributed by atoms with Crippen molar-refractivity contribution >= 4 is 16.8 Å². The van der Waals surface area contributed by atoms with E-state index < -0.39 is 0 Å². The molecular weight excluding hydrogens is 200 g/mol. The molecule has 0 aliphatic heterocycles. The number of hydrogen-bond acceptors (Lipinski definition) is 1. The quantitative estimate of drug-likeness (QED) is 0.734. The molecule has 1 aromatic heterocycles. The van der Waals surface area contributed by atoms with Crippen molar-refractivity contribution < 1.29 is 4.79 Å². The molecule has 0 saturated heterocycles. The lowest BCUT2D eigenvalue weighted by molar-refractivity contribution is 0.0950. The molecule has 2 rings (SSSR count). The lowest BCUT2D eigenvalue weighted by Gasteiger charge is -2.08. The average Bonchev–Trinajstić information content (AvgIpc) is 2.76. The maximum absolute atomic E-state index is 11.9. The van der Waals surface area contributed by atoms with E-state index in [4.69, 9.17) is 6.42 Å². The molecule has 1 amide bonds. The van der Waals surface area contributed by atoms with Crippen LogP contribution in [0.25, 0.3) is 10.9 Å². The van der Waals surface area contributed by atoms with Crippen LogP contribution in [0.1, 0.15) is 17.3 Å². The molecule has 0 saturated carbocycles. The summed E-state index contributed by atoms with van der Waals surface area (Å²) in [5.41, 5.74) is 1.59. The van der Waals surface area contributed by atoms with Crippen LogP contribution in [0.3, 0.4) is 0 Å². The first kappa shape index (κ1) is 10.3. The maximum Gasteiger partial charge on any atom is 0.252 e. The molecule has 3 heteroatoms. The number of carbonyl (C=O) groups excluding carboxylic acids is 1. The molecule has 0 spiro atoms. The van der Waals surface area contributed by atoms with Crippen molar-refractivity contribution in [3.05, 3.63) is 36.0 Å². The summed E-state index contributed by atoms with van der Waals surface area (Å²) in [5, 5.41) is 3.65. The molecule has 2 N–H and O–H groups in total. The van der Waals surface area contributed by atoms with Gasteiger partial charge in [0, 0.05) is 22.7 Å². The Bertz CT molecular complexity index is 563. The van der Waals surface area contributed by atoms with Crippen molar-refractivity contribution in [3.63, 3.8) is 0 Å². The summed E-state index contributed by atoms with van der Waals surface area (Å²) in [5.74, 6) is 2.32. The van der Waals surface area contributed by atoms with Crippen LogP contribution >= 0.6 is 0 Å². The molecule has 1 heterocycles. The van der Waals surface area contributed by atoms with E-state index in [0.29, 0.717) is 5.56 Å². The first-order chi connectivity index (χ1) is 7.72. The van der Waals surface area contributed by atoms with Gasteiger partial charge in [-0.25, -0.2) is 0 Å². The summed E-state index contributed by atoms with van der Waals surface area (Å²) in [6.07, 6.45) is 7.03. The smallest absolute Gasteiger partial charge is 0.252 e. The zero-order valence-corrected chi connectivity index (χ0v) is 8.95. The van der Waals surface area contributed by atoms with E-state index in [1.54, 1.807) is 13.0 Å². The largest absolute Gasteiger partial charge is 0.361 e. The number of H-pyrrole nitrogens is 1. The fourth-order valence-corrected chi connectivity index (χ4v) is 1.60. The van der Waals surface area contributed by atoms with Crippen LogP contribution < -0.4 is 5.32 Å². The third-order valence-electron chi connectivity index (χ3n) is 2.44. The van der Waals surface area contributed by atoms with Crippen molar-refractivity contribution in [2.24, 2.45) is 0 Å². The molecule has 2 aromatic rings. The molecule has 3 nitrogen and oxygen atoms in total. The van der Waals surface area contributed by atoms with Gasteiger partial charge in [0.2, 0.25) is 0 Å². The van der Waals surface area contributed by atoms with E-state index in [1.165, 1.54) is 0 Å². The van der Waals surface area contributed by atoms with Crippen LogP contribution in [-0.4, -0.2) is 16.9 Å². The molecule has 0 aliphatic carbocycles. The zero-order chi connectivity index (χ0) is 11.5. The fourth-order valence-electron chi connectivity index (χ4n) is 1.60. The molecule has 0 bridgehead atoms. The Hall–Kier alpha value is -2.21. The summed E-state index contributed by atoms with van der Waals surface area (Å²) in [6, 6.07) is 7.17. The van der Waals surface area contributed by atoms with Crippen LogP contribution in [0.4, 0.5) is 0 Å². The Morgan fingerprint density at radius 3 is 3.06 bits per heavy atom. The standard InChI is InChI=1S/C13H12N2O/c1-3-9(2)15-13(16)11-5-4-6-12-10(11)7-8-14-12/h1,4-9,14H,2H3,(H,15,16). The molecule has 16 heavy (non-hydrogen) atoms. The van der Waals surface area contributed by atoms with Crippen molar-refractivity contribution in [1.29, 1.82) is 0 Å². The normalized spacial score (nSPS) is 12.0. The van der Waals surface area contributed by atoms with Gasteiger partial charge in [0.1, 0.15) is 0 Å². The van der Waals surface area contributed by atoms with Crippen molar-refractivity contribution in [1.82, 2.24) is 10.3 Å². The molecule has 1 aromatic carbocycles. The van der Waals surface area contributed by atoms with Crippen molar-refractivity contribution in [2.45, 2.75) is 13.0 Å². The second kappa shape index (κ2) is 4.11. The highest BCUT2D eigenvalue weighted by molar-refractivity contribution is 6.06. The number of hydrogen-bond donors (Lipinski definition) is 2. The number of benzene rings is 1. The maximum atomic E-state index is 11.9. The highest BCUT2D eigenvalue weighted by atomic mass is 16.1. The number of nitrogens with one attached hydrogen (secondary N) is 2. The zero-order valence-electron chi connectivity index (χ0n) is 8.95. The van der Waals surface area contributed by atoms with Crippen molar-refractivity contribution in [3.8, 4) is 12.3 Å². The Labute approximate surface area is 93.9 Å². The van der Waals surface area contributed by atoms with Crippen LogP contribution in [0.5, 0.6) is 0 Å². The first-order valence-electron chi connectivity index (χ1n) is 5.05. The summed E-state index contributed by atoms with van der Waals surface area (Å²) >= 11 is 0. The van der Waals surface area contributed by atoms with E-state index in [1.807, 2.05) is 24.4 Å². The Balaban J connectivity index is 2.37. The molecule has 1 atom stereocenters. The summed E-state index contributed by atoms with van der Waals surface area (Å²) in [6.45, 7) is 1.77. The molecular formula is C13H12N2O. The minimum absolute atomic E-state index is 0.143. The van der Waals surface area contributed by atoms with E-state index in [-0.39, 0.29) is 11.9 Å². The van der Waals surface area contributed by atoms with Gasteiger partial charge in [-0.3, -0.25) is 4.79 Å².